The lowest BCUT2D eigenvalue weighted by Gasteiger charge is -2.26. The molecule has 1 N–H and O–H groups in total. The zero-order valence-electron chi connectivity index (χ0n) is 19.2. The fourth-order valence-electron chi connectivity index (χ4n) is 3.88. The summed E-state index contributed by atoms with van der Waals surface area (Å²) in [6, 6.07) is 11.6. The normalized spacial score (nSPS) is 17.8. The van der Waals surface area contributed by atoms with E-state index in [1.54, 1.807) is 30.3 Å². The molecular weight excluding hydrogens is 460 g/mol. The number of rotatable bonds is 8. The van der Waals surface area contributed by atoms with Gasteiger partial charge in [0.05, 0.1) is 30.4 Å². The van der Waals surface area contributed by atoms with Crippen molar-refractivity contribution in [1.29, 1.82) is 0 Å². The Morgan fingerprint density at radius 2 is 1.65 bits per heavy atom. The van der Waals surface area contributed by atoms with E-state index >= 15 is 0 Å². The second-order valence-corrected chi connectivity index (χ2v) is 9.99. The second kappa shape index (κ2) is 11.2. The van der Waals surface area contributed by atoms with Crippen LogP contribution < -0.4 is 14.8 Å². The van der Waals surface area contributed by atoms with E-state index in [1.807, 2.05) is 6.92 Å². The van der Waals surface area contributed by atoms with Crippen LogP contribution in [0.15, 0.2) is 47.4 Å². The fourth-order valence-corrected chi connectivity index (χ4v) is 5.32. The molecule has 2 saturated heterocycles. The van der Waals surface area contributed by atoms with Crippen LogP contribution in [0, 0.1) is 5.92 Å². The molecule has 2 aliphatic heterocycles. The lowest BCUT2D eigenvalue weighted by atomic mass is 9.99. The quantitative estimate of drug-likeness (QED) is 0.606. The van der Waals surface area contributed by atoms with Crippen molar-refractivity contribution in [3.05, 3.63) is 42.5 Å². The third-order valence-electron chi connectivity index (χ3n) is 5.77. The lowest BCUT2D eigenvalue weighted by molar-refractivity contribution is -0.122. The van der Waals surface area contributed by atoms with Gasteiger partial charge >= 0.3 is 0 Å². The second-order valence-electron chi connectivity index (χ2n) is 8.06. The van der Waals surface area contributed by atoms with Crippen molar-refractivity contribution in [2.24, 2.45) is 5.92 Å². The SMILES string of the molecule is CCOc1ccc(Oc2ccc(S(=O)(=O)N3CCOCC3)cc2NC(=O)C2CCOCC2)cc1. The molecule has 0 spiro atoms. The molecule has 1 amide bonds. The number of carbonyl (C=O) groups excluding carboxylic acids is 1. The van der Waals surface area contributed by atoms with E-state index in [9.17, 15) is 13.2 Å². The number of nitrogens with zero attached hydrogens (tertiary/aromatic N) is 1. The Morgan fingerprint density at radius 3 is 2.32 bits per heavy atom. The summed E-state index contributed by atoms with van der Waals surface area (Å²) in [5.74, 6) is 1.22. The van der Waals surface area contributed by atoms with Crippen molar-refractivity contribution in [1.82, 2.24) is 4.31 Å². The summed E-state index contributed by atoms with van der Waals surface area (Å²) in [5.41, 5.74) is 0.305. The first kappa shape index (κ1) is 24.5. The maximum atomic E-state index is 13.2. The molecule has 0 bridgehead atoms. The van der Waals surface area contributed by atoms with Gasteiger partial charge in [-0.15, -0.1) is 0 Å². The predicted octanol–water partition coefficient (Wildman–Crippen LogP) is 3.26. The molecule has 2 heterocycles. The molecule has 34 heavy (non-hydrogen) atoms. The summed E-state index contributed by atoms with van der Waals surface area (Å²) in [6.07, 6.45) is 1.24. The topological polar surface area (TPSA) is 103 Å². The van der Waals surface area contributed by atoms with Gasteiger partial charge in [-0.25, -0.2) is 8.42 Å². The standard InChI is InChI=1S/C24H30N2O7S/c1-2-32-19-3-5-20(6-4-19)33-23-8-7-21(34(28,29)26-11-15-31-16-12-26)17-22(23)25-24(27)18-9-13-30-14-10-18/h3-8,17-18H,2,9-16H2,1H3,(H,25,27). The highest BCUT2D eigenvalue weighted by molar-refractivity contribution is 7.89. The molecule has 4 rings (SSSR count). The van der Waals surface area contributed by atoms with Gasteiger partial charge in [0.15, 0.2) is 5.75 Å². The van der Waals surface area contributed by atoms with Crippen LogP contribution in [0.1, 0.15) is 19.8 Å². The van der Waals surface area contributed by atoms with Crippen LogP contribution in [-0.4, -0.2) is 64.8 Å². The number of nitrogens with one attached hydrogen (secondary N) is 1. The molecule has 184 valence electrons. The molecule has 0 atom stereocenters. The third kappa shape index (κ3) is 5.87. The number of ether oxygens (including phenoxy) is 4. The number of sulfonamides is 1. The van der Waals surface area contributed by atoms with Crippen molar-refractivity contribution < 1.29 is 32.2 Å². The van der Waals surface area contributed by atoms with Crippen molar-refractivity contribution in [2.45, 2.75) is 24.7 Å². The molecule has 0 aliphatic carbocycles. The Kier molecular flexibility index (Phi) is 8.04. The number of amides is 1. The van der Waals surface area contributed by atoms with Crippen LogP contribution in [0.25, 0.3) is 0 Å². The third-order valence-corrected chi connectivity index (χ3v) is 7.67. The van der Waals surface area contributed by atoms with E-state index in [1.165, 1.54) is 16.4 Å². The first-order valence-corrected chi connectivity index (χ1v) is 12.9. The average Bonchev–Trinajstić information content (AvgIpc) is 2.87. The Bertz CT molecular complexity index is 1080. The predicted molar refractivity (Wildman–Crippen MR) is 126 cm³/mol. The van der Waals surface area contributed by atoms with Crippen molar-refractivity contribution in [2.75, 3.05) is 51.4 Å². The Labute approximate surface area is 200 Å². The monoisotopic (exact) mass is 490 g/mol. The smallest absolute Gasteiger partial charge is 0.243 e. The van der Waals surface area contributed by atoms with Crippen molar-refractivity contribution in [3.63, 3.8) is 0 Å². The highest BCUT2D eigenvalue weighted by atomic mass is 32.2. The minimum Gasteiger partial charge on any atom is -0.494 e. The summed E-state index contributed by atoms with van der Waals surface area (Å²) in [4.78, 5) is 13.0. The molecule has 2 aromatic rings. The van der Waals surface area contributed by atoms with Gasteiger partial charge < -0.3 is 24.3 Å². The van der Waals surface area contributed by atoms with Gasteiger partial charge in [0.25, 0.3) is 0 Å². The fraction of sp³-hybridized carbons (Fsp3) is 0.458. The van der Waals surface area contributed by atoms with E-state index < -0.39 is 10.0 Å². The zero-order chi connectivity index (χ0) is 24.0. The summed E-state index contributed by atoms with van der Waals surface area (Å²) in [7, 11) is -3.74. The van der Waals surface area contributed by atoms with E-state index in [0.717, 1.165) is 5.75 Å². The minimum atomic E-state index is -3.74. The van der Waals surface area contributed by atoms with Gasteiger partial charge in [0.1, 0.15) is 11.5 Å². The molecule has 0 saturated carbocycles. The Balaban J connectivity index is 1.61. The summed E-state index contributed by atoms with van der Waals surface area (Å²) >= 11 is 0. The maximum Gasteiger partial charge on any atom is 0.243 e. The van der Waals surface area contributed by atoms with Crippen LogP contribution in [0.3, 0.4) is 0 Å². The Hall–Kier alpha value is -2.66. The van der Waals surface area contributed by atoms with Gasteiger partial charge in [-0.1, -0.05) is 0 Å². The molecule has 2 aromatic carbocycles. The molecule has 0 unspecified atom stereocenters. The Morgan fingerprint density at radius 1 is 1.00 bits per heavy atom. The number of morpholine rings is 1. The number of benzene rings is 2. The molecule has 2 aliphatic rings. The largest absolute Gasteiger partial charge is 0.494 e. The van der Waals surface area contributed by atoms with Crippen LogP contribution in [0.4, 0.5) is 5.69 Å². The summed E-state index contributed by atoms with van der Waals surface area (Å²) in [6.45, 7) is 4.80. The summed E-state index contributed by atoms with van der Waals surface area (Å²) in [5, 5.41) is 2.90. The molecular formula is C24H30N2O7S. The van der Waals surface area contributed by atoms with Gasteiger partial charge in [-0.2, -0.15) is 4.31 Å². The minimum absolute atomic E-state index is 0.0933. The van der Waals surface area contributed by atoms with Crippen molar-refractivity contribution >= 4 is 21.6 Å². The van der Waals surface area contributed by atoms with E-state index in [-0.39, 0.29) is 29.8 Å². The molecule has 10 heteroatoms. The number of hydrogen-bond donors (Lipinski definition) is 1. The first-order valence-electron chi connectivity index (χ1n) is 11.5. The van der Waals surface area contributed by atoms with Gasteiger partial charge in [-0.05, 0) is 62.2 Å². The van der Waals surface area contributed by atoms with Gasteiger partial charge in [-0.3, -0.25) is 4.79 Å². The zero-order valence-corrected chi connectivity index (χ0v) is 20.0. The summed E-state index contributed by atoms with van der Waals surface area (Å²) < 4.78 is 49.9. The molecule has 9 nitrogen and oxygen atoms in total. The molecule has 2 fully saturated rings. The highest BCUT2D eigenvalue weighted by Gasteiger charge is 2.28. The number of anilines is 1. The number of hydrogen-bond acceptors (Lipinski definition) is 7. The van der Waals surface area contributed by atoms with E-state index in [4.69, 9.17) is 18.9 Å². The molecule has 0 radical (unpaired) electrons. The van der Waals surface area contributed by atoms with Crippen LogP contribution in [-0.2, 0) is 24.3 Å². The first-order chi connectivity index (χ1) is 16.5. The van der Waals surface area contributed by atoms with Crippen molar-refractivity contribution in [3.8, 4) is 17.2 Å². The van der Waals surface area contributed by atoms with Crippen LogP contribution >= 0.6 is 0 Å². The van der Waals surface area contributed by atoms with Crippen LogP contribution in [0.5, 0.6) is 17.2 Å². The van der Waals surface area contributed by atoms with E-state index in [2.05, 4.69) is 5.32 Å². The maximum absolute atomic E-state index is 13.2. The van der Waals surface area contributed by atoms with Gasteiger partial charge in [0.2, 0.25) is 15.9 Å². The number of carbonyl (C=O) groups is 1. The van der Waals surface area contributed by atoms with E-state index in [0.29, 0.717) is 63.1 Å². The molecule has 0 aromatic heterocycles. The lowest BCUT2D eigenvalue weighted by Crippen LogP contribution is -2.40. The highest BCUT2D eigenvalue weighted by Crippen LogP contribution is 2.34. The average molecular weight is 491 g/mol. The van der Waals surface area contributed by atoms with Crippen LogP contribution in [0.2, 0.25) is 0 Å². The van der Waals surface area contributed by atoms with Gasteiger partial charge in [0, 0.05) is 32.2 Å².